The molecule has 2 aromatic rings. The van der Waals surface area contributed by atoms with Crippen molar-refractivity contribution in [1.29, 1.82) is 0 Å². The summed E-state index contributed by atoms with van der Waals surface area (Å²) in [4.78, 5) is 73.9. The number of anilines is 1. The summed E-state index contributed by atoms with van der Waals surface area (Å²) in [6, 6.07) is 13.0. The number of aliphatic hydroxyl groups excluding tert-OH is 2. The Balaban J connectivity index is 1.13. The predicted molar refractivity (Wildman–Crippen MR) is 192 cm³/mol. The van der Waals surface area contributed by atoms with Gasteiger partial charge in [0.15, 0.2) is 28.6 Å². The molecule has 3 saturated carbocycles. The minimum absolute atomic E-state index is 0.00606. The Morgan fingerprint density at radius 2 is 1.85 bits per heavy atom. The molecule has 12 nitrogen and oxygen atoms in total. The fraction of sp³-hybridized carbons (Fsp3) is 0.462. The maximum Gasteiger partial charge on any atom is 0.243 e. The zero-order valence-electron chi connectivity index (χ0n) is 30.0. The van der Waals surface area contributed by atoms with Crippen molar-refractivity contribution in [3.63, 3.8) is 0 Å². The van der Waals surface area contributed by atoms with Crippen LogP contribution in [0.1, 0.15) is 46.5 Å². The average Bonchev–Trinajstić information content (AvgIpc) is 3.44. The van der Waals surface area contributed by atoms with Crippen molar-refractivity contribution in [3.8, 4) is 5.75 Å². The molecule has 4 aliphatic carbocycles. The summed E-state index contributed by atoms with van der Waals surface area (Å²) in [6.45, 7) is 3.51. The van der Waals surface area contributed by atoms with Crippen LogP contribution in [0.2, 0.25) is 0 Å². The van der Waals surface area contributed by atoms with Crippen LogP contribution in [-0.4, -0.2) is 82.7 Å². The van der Waals surface area contributed by atoms with Gasteiger partial charge >= 0.3 is 0 Å². The van der Waals surface area contributed by atoms with Crippen molar-refractivity contribution in [2.75, 3.05) is 18.5 Å². The van der Waals surface area contributed by atoms with Gasteiger partial charge in [-0.05, 0) is 106 Å². The van der Waals surface area contributed by atoms with E-state index in [4.69, 9.17) is 9.78 Å². The highest BCUT2D eigenvalue weighted by Crippen LogP contribution is 2.70. The minimum Gasteiger partial charge on any atom is -0.390 e. The summed E-state index contributed by atoms with van der Waals surface area (Å²) in [5, 5.41) is 29.2. The van der Waals surface area contributed by atoms with E-state index in [2.05, 4.69) is 16.0 Å². The number of ketones is 2. The normalized spacial score (nSPS) is 32.9. The molecule has 6 rings (SSSR count). The lowest BCUT2D eigenvalue weighted by atomic mass is 9.44. The van der Waals surface area contributed by atoms with Crippen molar-refractivity contribution >= 4 is 47.2 Å². The zero-order valence-corrected chi connectivity index (χ0v) is 30.8. The van der Waals surface area contributed by atoms with Gasteiger partial charge in [-0.25, -0.2) is 8.78 Å². The van der Waals surface area contributed by atoms with Gasteiger partial charge < -0.3 is 31.1 Å². The van der Waals surface area contributed by atoms with E-state index in [0.717, 1.165) is 15.9 Å². The molecule has 2 aromatic carbocycles. The number of benzene rings is 2. The van der Waals surface area contributed by atoms with Gasteiger partial charge in [-0.1, -0.05) is 30.8 Å². The van der Waals surface area contributed by atoms with Gasteiger partial charge in [-0.15, -0.1) is 0 Å². The summed E-state index contributed by atoms with van der Waals surface area (Å²) >= 11 is 1.38. The second kappa shape index (κ2) is 15.0. The maximum atomic E-state index is 17.5. The van der Waals surface area contributed by atoms with Crippen LogP contribution in [0, 0.1) is 22.7 Å². The number of halogens is 2. The second-order valence-electron chi connectivity index (χ2n) is 14.8. The molecule has 288 valence electrons. The van der Waals surface area contributed by atoms with Crippen molar-refractivity contribution < 1.29 is 52.7 Å². The van der Waals surface area contributed by atoms with Crippen LogP contribution >= 0.6 is 11.8 Å². The molecule has 0 saturated heterocycles. The number of allylic oxidation sites excluding steroid dienone is 4. The molecule has 4 aliphatic rings. The van der Waals surface area contributed by atoms with Gasteiger partial charge in [0.1, 0.15) is 18.8 Å². The number of rotatable bonds is 13. The number of alkyl halides is 2. The summed E-state index contributed by atoms with van der Waals surface area (Å²) in [7, 11) is 0. The van der Waals surface area contributed by atoms with E-state index < -0.39 is 82.2 Å². The lowest BCUT2D eigenvalue weighted by Crippen LogP contribution is -2.70. The maximum absolute atomic E-state index is 17.5. The van der Waals surface area contributed by atoms with Crippen LogP contribution in [0.25, 0.3) is 0 Å². The molecular formula is C39H43F2N3O9S. The molecule has 0 radical (unpaired) electrons. The second-order valence-corrected chi connectivity index (χ2v) is 16.0. The Labute approximate surface area is 315 Å². The van der Waals surface area contributed by atoms with Crippen LogP contribution in [0.4, 0.5) is 14.5 Å². The SMILES string of the molecule is CC(NC=O)C(=O)NCC(=O)Nc1cccc(Sc2ccc(OOC3(C(=O)CO)CCC4C5C[C@H](F)C6=CC(=O)C=CC6(C)[C@@]5(F)C(O)CC43C)cc2)c1. The van der Waals surface area contributed by atoms with E-state index in [-0.39, 0.29) is 43.6 Å². The fourth-order valence-electron chi connectivity index (χ4n) is 9.12. The molecule has 5 N–H and O–H groups in total. The predicted octanol–water partition coefficient (Wildman–Crippen LogP) is 3.96. The highest BCUT2D eigenvalue weighted by atomic mass is 32.2. The van der Waals surface area contributed by atoms with Crippen molar-refractivity contribution in [2.24, 2.45) is 22.7 Å². The Bertz CT molecular complexity index is 1890. The average molecular weight is 768 g/mol. The number of hydrogen-bond donors (Lipinski definition) is 5. The van der Waals surface area contributed by atoms with Gasteiger partial charge in [0.25, 0.3) is 0 Å². The Morgan fingerprint density at radius 3 is 2.56 bits per heavy atom. The third-order valence-electron chi connectivity index (χ3n) is 11.9. The van der Waals surface area contributed by atoms with Gasteiger partial charge in [-0.2, -0.15) is 4.89 Å². The Morgan fingerprint density at radius 1 is 1.11 bits per heavy atom. The molecule has 7 unspecified atom stereocenters. The van der Waals surface area contributed by atoms with Gasteiger partial charge in [0.2, 0.25) is 18.2 Å². The fourth-order valence-corrected chi connectivity index (χ4v) is 10.00. The number of amides is 3. The lowest BCUT2D eigenvalue weighted by molar-refractivity contribution is -0.323. The highest BCUT2D eigenvalue weighted by molar-refractivity contribution is 7.99. The molecule has 15 heteroatoms. The summed E-state index contributed by atoms with van der Waals surface area (Å²) in [5.41, 5.74) is -6.41. The topological polar surface area (TPSA) is 180 Å². The quantitative estimate of drug-likeness (QED) is 0.114. The zero-order chi connectivity index (χ0) is 39.1. The molecule has 0 bridgehead atoms. The highest BCUT2D eigenvalue weighted by Gasteiger charge is 2.76. The molecule has 0 spiro atoms. The van der Waals surface area contributed by atoms with Crippen molar-refractivity contribution in [1.82, 2.24) is 10.6 Å². The number of Topliss-reactive ketones (excluding diaryl/α,β-unsaturated/α-hetero) is 1. The van der Waals surface area contributed by atoms with E-state index >= 15 is 8.78 Å². The summed E-state index contributed by atoms with van der Waals surface area (Å²) < 4.78 is 33.3. The molecule has 9 atom stereocenters. The van der Waals surface area contributed by atoms with Crippen molar-refractivity contribution in [3.05, 3.63) is 72.3 Å². The first-order chi connectivity index (χ1) is 25.6. The van der Waals surface area contributed by atoms with Gasteiger partial charge in [0.05, 0.1) is 12.6 Å². The molecular weight excluding hydrogens is 725 g/mol. The van der Waals surface area contributed by atoms with E-state index in [1.54, 1.807) is 49.4 Å². The third-order valence-corrected chi connectivity index (χ3v) is 12.9. The Kier molecular flexibility index (Phi) is 10.9. The smallest absolute Gasteiger partial charge is 0.243 e. The first-order valence-electron chi connectivity index (χ1n) is 17.7. The first kappa shape index (κ1) is 39.3. The van der Waals surface area contributed by atoms with Crippen molar-refractivity contribution in [2.45, 2.75) is 85.8 Å². The molecule has 0 aromatic heterocycles. The van der Waals surface area contributed by atoms with Crippen LogP contribution in [0.15, 0.2) is 82.1 Å². The number of carbonyl (C=O) groups excluding carboxylic acids is 5. The Hall–Kier alpha value is -4.44. The van der Waals surface area contributed by atoms with E-state index in [1.165, 1.54) is 37.8 Å². The monoisotopic (exact) mass is 767 g/mol. The van der Waals surface area contributed by atoms with Gasteiger partial charge in [-0.3, -0.25) is 24.0 Å². The number of fused-ring (bicyclic) bond motifs is 5. The van der Waals surface area contributed by atoms with Gasteiger partial charge in [0, 0.05) is 32.2 Å². The standard InChI is InChI=1S/C39H43F2N3O9S/c1-22(43-21-46)35(51)42-19-34(50)44-23-5-4-6-27(15-23)54-26-9-7-25(8-10-26)52-53-38(33(49)20-45)14-12-28-29-17-31(40)30-16-24(47)11-13-36(30,2)39(29,41)32(48)18-37(28,38)3/h4-11,13,15-16,21-22,28-29,31-32,45,48H,12,14,17-20H2,1-3H3,(H,42,51)(H,43,46)(H,44,50)/t22?,28?,29?,31-,32?,36?,37?,38?,39-/m0/s1. The number of hydrogen-bond acceptors (Lipinski definition) is 10. The lowest BCUT2D eigenvalue weighted by Gasteiger charge is -2.63. The largest absolute Gasteiger partial charge is 0.390 e. The first-order valence-corrected chi connectivity index (χ1v) is 18.5. The molecule has 0 heterocycles. The van der Waals surface area contributed by atoms with Crippen LogP contribution in [-0.2, 0) is 28.9 Å². The minimum atomic E-state index is -2.33. The molecule has 3 amide bonds. The van der Waals surface area contributed by atoms with E-state index in [1.807, 2.05) is 6.07 Å². The van der Waals surface area contributed by atoms with Crippen LogP contribution in [0.3, 0.4) is 0 Å². The number of carbonyl (C=O) groups is 5. The third kappa shape index (κ3) is 6.65. The molecule has 54 heavy (non-hydrogen) atoms. The number of nitrogens with one attached hydrogen (secondary N) is 3. The summed E-state index contributed by atoms with van der Waals surface area (Å²) in [5.74, 6) is -3.51. The van der Waals surface area contributed by atoms with E-state index in [9.17, 15) is 34.2 Å². The number of aliphatic hydroxyl groups is 2. The van der Waals surface area contributed by atoms with Crippen LogP contribution < -0.4 is 20.8 Å². The van der Waals surface area contributed by atoms with Crippen LogP contribution in [0.5, 0.6) is 5.75 Å². The molecule has 0 aliphatic heterocycles. The summed E-state index contributed by atoms with van der Waals surface area (Å²) in [6.07, 6.45) is 0.582. The molecule has 3 fully saturated rings. The van der Waals surface area contributed by atoms with E-state index in [0.29, 0.717) is 12.1 Å².